The van der Waals surface area contributed by atoms with Crippen LogP contribution in [0.2, 0.25) is 0 Å². The van der Waals surface area contributed by atoms with E-state index in [-0.39, 0.29) is 10.9 Å². The highest BCUT2D eigenvalue weighted by atomic mass is 32.2. The topological polar surface area (TPSA) is 58.6 Å². The fraction of sp³-hybridized carbons (Fsp3) is 0.238. The molecule has 0 radical (unpaired) electrons. The summed E-state index contributed by atoms with van der Waals surface area (Å²) in [5.41, 5.74) is 1.85. The zero-order valence-corrected chi connectivity index (χ0v) is 16.7. The molecule has 0 amide bonds. The Morgan fingerprint density at radius 2 is 1.56 bits per heavy atom. The third-order valence-electron chi connectivity index (χ3n) is 4.58. The lowest BCUT2D eigenvalue weighted by Gasteiger charge is -2.19. The van der Waals surface area contributed by atoms with Gasteiger partial charge in [-0.25, -0.2) is 13.1 Å². The number of anilines is 1. The lowest BCUT2D eigenvalue weighted by atomic mass is 10.1. The summed E-state index contributed by atoms with van der Waals surface area (Å²) < 4.78 is 34.1. The van der Waals surface area contributed by atoms with Gasteiger partial charge in [0.25, 0.3) is 0 Å². The zero-order chi connectivity index (χ0) is 19.6. The lowest BCUT2D eigenvalue weighted by Crippen LogP contribution is -2.27. The van der Waals surface area contributed by atoms with Crippen LogP contribution in [0.15, 0.2) is 65.6 Å². The minimum Gasteiger partial charge on any atom is -0.497 e. The number of methoxy groups -OCH3 is 1. The van der Waals surface area contributed by atoms with Crippen molar-refractivity contribution < 1.29 is 13.2 Å². The third kappa shape index (κ3) is 3.91. The summed E-state index contributed by atoms with van der Waals surface area (Å²) in [5, 5.41) is 1.61. The van der Waals surface area contributed by atoms with Crippen molar-refractivity contribution in [3.8, 4) is 5.75 Å². The quantitative estimate of drug-likeness (QED) is 0.699. The lowest BCUT2D eigenvalue weighted by molar-refractivity contribution is 0.414. The molecule has 1 atom stereocenters. The van der Waals surface area contributed by atoms with Crippen molar-refractivity contribution in [3.05, 3.63) is 66.2 Å². The Labute approximate surface area is 160 Å². The van der Waals surface area contributed by atoms with E-state index in [1.807, 2.05) is 74.4 Å². The average molecular weight is 385 g/mol. The standard InChI is InChI=1S/C21H24N2O3S/c1-15(16-11-13-17(26-4)14-12-16)22-27(24,25)21-10-6-7-18-19(21)8-5-9-20(18)23(2)3/h5-15,22H,1-4H3/t15-/m1/s1. The summed E-state index contributed by atoms with van der Waals surface area (Å²) in [6.45, 7) is 1.83. The van der Waals surface area contributed by atoms with Gasteiger partial charge in [-0.3, -0.25) is 0 Å². The summed E-state index contributed by atoms with van der Waals surface area (Å²) in [4.78, 5) is 2.26. The van der Waals surface area contributed by atoms with E-state index in [1.165, 1.54) is 0 Å². The van der Waals surface area contributed by atoms with Crippen molar-refractivity contribution in [1.82, 2.24) is 4.72 Å². The summed E-state index contributed by atoms with van der Waals surface area (Å²) >= 11 is 0. The Morgan fingerprint density at radius 1 is 0.926 bits per heavy atom. The van der Waals surface area contributed by atoms with E-state index in [4.69, 9.17) is 4.74 Å². The summed E-state index contributed by atoms with van der Waals surface area (Å²) in [6.07, 6.45) is 0. The molecule has 0 unspecified atom stereocenters. The Morgan fingerprint density at radius 3 is 2.19 bits per heavy atom. The second kappa shape index (κ2) is 7.58. The summed E-state index contributed by atoms with van der Waals surface area (Å²) in [7, 11) is 1.80. The number of nitrogens with zero attached hydrogens (tertiary/aromatic N) is 1. The molecule has 0 saturated heterocycles. The molecule has 5 nitrogen and oxygen atoms in total. The molecule has 0 bridgehead atoms. The van der Waals surface area contributed by atoms with Crippen LogP contribution in [0.25, 0.3) is 10.8 Å². The smallest absolute Gasteiger partial charge is 0.241 e. The van der Waals surface area contributed by atoms with Crippen LogP contribution in [0.4, 0.5) is 5.69 Å². The number of benzene rings is 3. The van der Waals surface area contributed by atoms with E-state index in [9.17, 15) is 8.42 Å². The number of sulfonamides is 1. The van der Waals surface area contributed by atoms with Crippen LogP contribution in [0.5, 0.6) is 5.75 Å². The Hall–Kier alpha value is -2.57. The first-order chi connectivity index (χ1) is 12.8. The predicted octanol–water partition coefficient (Wildman–Crippen LogP) is 3.95. The van der Waals surface area contributed by atoms with Crippen molar-refractivity contribution in [2.24, 2.45) is 0 Å². The van der Waals surface area contributed by atoms with Gasteiger partial charge in [0.1, 0.15) is 5.75 Å². The molecular formula is C21H24N2O3S. The molecule has 3 rings (SSSR count). The van der Waals surface area contributed by atoms with Gasteiger partial charge in [0.15, 0.2) is 0 Å². The van der Waals surface area contributed by atoms with Crippen molar-refractivity contribution >= 4 is 26.5 Å². The molecule has 0 aliphatic carbocycles. The highest BCUT2D eigenvalue weighted by Crippen LogP contribution is 2.31. The SMILES string of the molecule is COc1ccc([C@@H](C)NS(=O)(=O)c2cccc3c(N(C)C)cccc23)cc1. The van der Waals surface area contributed by atoms with Gasteiger partial charge in [-0.2, -0.15) is 0 Å². The average Bonchev–Trinajstić information content (AvgIpc) is 2.66. The maximum Gasteiger partial charge on any atom is 0.241 e. The number of fused-ring (bicyclic) bond motifs is 1. The van der Waals surface area contributed by atoms with Crippen LogP contribution in [-0.4, -0.2) is 29.6 Å². The Bertz CT molecular complexity index is 1040. The molecule has 0 saturated carbocycles. The van der Waals surface area contributed by atoms with E-state index >= 15 is 0 Å². The number of ether oxygens (including phenoxy) is 1. The second-order valence-electron chi connectivity index (χ2n) is 6.64. The van der Waals surface area contributed by atoms with Gasteiger partial charge in [-0.15, -0.1) is 0 Å². The normalized spacial score (nSPS) is 12.7. The minimum atomic E-state index is -3.69. The number of hydrogen-bond acceptors (Lipinski definition) is 4. The zero-order valence-electron chi connectivity index (χ0n) is 15.9. The van der Waals surface area contributed by atoms with Crippen molar-refractivity contribution in [2.45, 2.75) is 17.9 Å². The molecule has 0 aromatic heterocycles. The molecule has 142 valence electrons. The van der Waals surface area contributed by atoms with Gasteiger partial charge in [0, 0.05) is 36.6 Å². The minimum absolute atomic E-state index is 0.282. The third-order valence-corrected chi connectivity index (χ3v) is 6.18. The van der Waals surface area contributed by atoms with E-state index < -0.39 is 10.0 Å². The molecular weight excluding hydrogens is 360 g/mol. The molecule has 27 heavy (non-hydrogen) atoms. The predicted molar refractivity (Wildman–Crippen MR) is 110 cm³/mol. The first kappa shape index (κ1) is 19.2. The fourth-order valence-corrected chi connectivity index (χ4v) is 4.60. The molecule has 0 heterocycles. The van der Waals surface area contributed by atoms with Crippen LogP contribution in [-0.2, 0) is 10.0 Å². The first-order valence-corrected chi connectivity index (χ1v) is 10.2. The Kier molecular flexibility index (Phi) is 5.39. The van der Waals surface area contributed by atoms with E-state index in [0.717, 1.165) is 22.4 Å². The summed E-state index contributed by atoms with van der Waals surface area (Å²) in [5.74, 6) is 0.735. The van der Waals surface area contributed by atoms with E-state index in [0.29, 0.717) is 5.39 Å². The van der Waals surface area contributed by atoms with Crippen LogP contribution in [0.1, 0.15) is 18.5 Å². The molecule has 0 aliphatic heterocycles. The molecule has 0 fully saturated rings. The van der Waals surface area contributed by atoms with Crippen molar-refractivity contribution in [2.75, 3.05) is 26.1 Å². The maximum atomic E-state index is 13.1. The van der Waals surface area contributed by atoms with Crippen LogP contribution >= 0.6 is 0 Å². The molecule has 3 aromatic carbocycles. The first-order valence-electron chi connectivity index (χ1n) is 8.69. The van der Waals surface area contributed by atoms with Gasteiger partial charge < -0.3 is 9.64 Å². The molecule has 0 spiro atoms. The number of rotatable bonds is 6. The van der Waals surface area contributed by atoms with Crippen molar-refractivity contribution in [3.63, 3.8) is 0 Å². The maximum absolute atomic E-state index is 13.1. The largest absolute Gasteiger partial charge is 0.497 e. The monoisotopic (exact) mass is 384 g/mol. The van der Waals surface area contributed by atoms with Crippen LogP contribution < -0.4 is 14.4 Å². The van der Waals surface area contributed by atoms with Gasteiger partial charge in [-0.1, -0.05) is 36.4 Å². The van der Waals surface area contributed by atoms with Gasteiger partial charge in [0.05, 0.1) is 12.0 Å². The highest BCUT2D eigenvalue weighted by molar-refractivity contribution is 7.89. The second-order valence-corrected chi connectivity index (χ2v) is 8.32. The number of nitrogens with one attached hydrogen (secondary N) is 1. The van der Waals surface area contributed by atoms with E-state index in [1.54, 1.807) is 19.2 Å². The summed E-state index contributed by atoms with van der Waals surface area (Å²) in [6, 6.07) is 18.1. The molecule has 0 aliphatic rings. The Balaban J connectivity index is 1.98. The molecule has 6 heteroatoms. The fourth-order valence-electron chi connectivity index (χ4n) is 3.15. The van der Waals surface area contributed by atoms with Gasteiger partial charge in [-0.05, 0) is 36.8 Å². The molecule has 3 aromatic rings. The van der Waals surface area contributed by atoms with E-state index in [2.05, 4.69) is 4.72 Å². The van der Waals surface area contributed by atoms with Crippen LogP contribution in [0, 0.1) is 0 Å². The van der Waals surface area contributed by atoms with Gasteiger partial charge >= 0.3 is 0 Å². The number of hydrogen-bond donors (Lipinski definition) is 1. The van der Waals surface area contributed by atoms with Crippen molar-refractivity contribution in [1.29, 1.82) is 0 Å². The van der Waals surface area contributed by atoms with Crippen LogP contribution in [0.3, 0.4) is 0 Å². The highest BCUT2D eigenvalue weighted by Gasteiger charge is 2.21. The van der Waals surface area contributed by atoms with Gasteiger partial charge in [0.2, 0.25) is 10.0 Å². The molecule has 1 N–H and O–H groups in total.